The number of amides is 3. The van der Waals surface area contributed by atoms with Crippen LogP contribution in [0.25, 0.3) is 0 Å². The van der Waals surface area contributed by atoms with E-state index in [0.717, 1.165) is 53.6 Å². The molecule has 0 spiro atoms. The second-order valence-corrected chi connectivity index (χ2v) is 8.68. The van der Waals surface area contributed by atoms with Crippen LogP contribution in [0.15, 0.2) is 30.3 Å². The molecule has 1 atom stereocenters. The number of hydrogen-bond acceptors (Lipinski definition) is 5. The SMILES string of the molecule is CNc1ccc(NC(=O)NCCCCCCNC(C)=O)cc1C1C(=O)Oc2c(C)cc(C)cc21. The van der Waals surface area contributed by atoms with Gasteiger partial charge in [-0.1, -0.05) is 30.5 Å². The summed E-state index contributed by atoms with van der Waals surface area (Å²) >= 11 is 0. The fraction of sp³-hybridized carbons (Fsp3) is 0.423. The summed E-state index contributed by atoms with van der Waals surface area (Å²) in [6.45, 7) is 6.70. The third-order valence-corrected chi connectivity index (χ3v) is 5.85. The van der Waals surface area contributed by atoms with Crippen LogP contribution < -0.4 is 26.0 Å². The van der Waals surface area contributed by atoms with E-state index in [1.165, 1.54) is 6.92 Å². The van der Waals surface area contributed by atoms with Gasteiger partial charge in [-0.25, -0.2) is 4.79 Å². The van der Waals surface area contributed by atoms with E-state index in [1.54, 1.807) is 13.1 Å². The van der Waals surface area contributed by atoms with Gasteiger partial charge < -0.3 is 26.0 Å². The molecule has 1 aliphatic rings. The zero-order valence-electron chi connectivity index (χ0n) is 20.3. The summed E-state index contributed by atoms with van der Waals surface area (Å²) in [6, 6.07) is 9.18. The maximum Gasteiger partial charge on any atom is 0.323 e. The number of carbonyl (C=O) groups excluding carboxylic acids is 3. The Labute approximate surface area is 200 Å². The number of carbonyl (C=O) groups is 3. The van der Waals surface area contributed by atoms with Crippen LogP contribution in [0, 0.1) is 13.8 Å². The first-order valence-electron chi connectivity index (χ1n) is 11.7. The first kappa shape index (κ1) is 25.1. The molecule has 0 aromatic heterocycles. The van der Waals surface area contributed by atoms with Crippen molar-refractivity contribution >= 4 is 29.3 Å². The highest BCUT2D eigenvalue weighted by Crippen LogP contribution is 2.44. The lowest BCUT2D eigenvalue weighted by Gasteiger charge is -2.16. The van der Waals surface area contributed by atoms with Gasteiger partial charge >= 0.3 is 12.0 Å². The third-order valence-electron chi connectivity index (χ3n) is 5.85. The molecule has 0 bridgehead atoms. The number of rotatable bonds is 10. The average molecular weight is 467 g/mol. The van der Waals surface area contributed by atoms with Crippen LogP contribution in [0.2, 0.25) is 0 Å². The summed E-state index contributed by atoms with van der Waals surface area (Å²) in [4.78, 5) is 36.1. The van der Waals surface area contributed by atoms with Gasteiger partial charge in [0.25, 0.3) is 0 Å². The molecule has 0 saturated carbocycles. The minimum absolute atomic E-state index is 0.0106. The lowest BCUT2D eigenvalue weighted by atomic mass is 9.89. The van der Waals surface area contributed by atoms with Gasteiger partial charge in [0, 0.05) is 44.0 Å². The van der Waals surface area contributed by atoms with Gasteiger partial charge in [0.2, 0.25) is 5.91 Å². The highest BCUT2D eigenvalue weighted by Gasteiger charge is 2.37. The minimum atomic E-state index is -0.557. The van der Waals surface area contributed by atoms with Crippen molar-refractivity contribution in [1.82, 2.24) is 10.6 Å². The van der Waals surface area contributed by atoms with E-state index in [2.05, 4.69) is 21.3 Å². The minimum Gasteiger partial charge on any atom is -0.425 e. The first-order chi connectivity index (χ1) is 16.3. The van der Waals surface area contributed by atoms with Crippen LogP contribution in [0.1, 0.15) is 60.8 Å². The van der Waals surface area contributed by atoms with Crippen molar-refractivity contribution in [2.24, 2.45) is 0 Å². The second kappa shape index (κ2) is 11.5. The van der Waals surface area contributed by atoms with Crippen LogP contribution in [-0.2, 0) is 9.59 Å². The Morgan fingerprint density at radius 3 is 2.32 bits per heavy atom. The number of aryl methyl sites for hydroxylation is 2. The fourth-order valence-electron chi connectivity index (χ4n) is 4.27. The van der Waals surface area contributed by atoms with Crippen LogP contribution >= 0.6 is 0 Å². The monoisotopic (exact) mass is 466 g/mol. The molecule has 0 fully saturated rings. The van der Waals surface area contributed by atoms with Gasteiger partial charge in [-0.3, -0.25) is 9.59 Å². The predicted molar refractivity (Wildman–Crippen MR) is 134 cm³/mol. The van der Waals surface area contributed by atoms with E-state index >= 15 is 0 Å². The largest absolute Gasteiger partial charge is 0.425 e. The van der Waals surface area contributed by atoms with Crippen molar-refractivity contribution < 1.29 is 19.1 Å². The molecule has 0 radical (unpaired) electrons. The van der Waals surface area contributed by atoms with Gasteiger partial charge in [-0.2, -0.15) is 0 Å². The number of esters is 1. The number of unbranched alkanes of at least 4 members (excludes halogenated alkanes) is 3. The molecule has 0 aliphatic carbocycles. The Hall–Kier alpha value is -3.55. The van der Waals surface area contributed by atoms with Crippen molar-refractivity contribution in [3.8, 4) is 5.75 Å². The van der Waals surface area contributed by atoms with Crippen LogP contribution in [-0.4, -0.2) is 38.0 Å². The van der Waals surface area contributed by atoms with Crippen LogP contribution in [0.3, 0.4) is 0 Å². The molecule has 3 rings (SSSR count). The normalized spacial score (nSPS) is 14.2. The van der Waals surface area contributed by atoms with Crippen LogP contribution in [0.4, 0.5) is 16.2 Å². The molecule has 2 aromatic carbocycles. The molecule has 34 heavy (non-hydrogen) atoms. The van der Waals surface area contributed by atoms with E-state index < -0.39 is 5.92 Å². The van der Waals surface area contributed by atoms with E-state index in [-0.39, 0.29) is 17.9 Å². The average Bonchev–Trinajstić information content (AvgIpc) is 3.11. The van der Waals surface area contributed by atoms with E-state index in [9.17, 15) is 14.4 Å². The molecular formula is C26H34N4O4. The molecule has 2 aromatic rings. The highest BCUT2D eigenvalue weighted by molar-refractivity contribution is 5.94. The molecular weight excluding hydrogens is 432 g/mol. The first-order valence-corrected chi connectivity index (χ1v) is 11.7. The zero-order chi connectivity index (χ0) is 24.7. The van der Waals surface area contributed by atoms with E-state index in [0.29, 0.717) is 24.5 Å². The van der Waals surface area contributed by atoms with Crippen molar-refractivity contribution in [1.29, 1.82) is 0 Å². The fourth-order valence-corrected chi connectivity index (χ4v) is 4.27. The van der Waals surface area contributed by atoms with Gasteiger partial charge in [-0.05, 0) is 56.0 Å². The highest BCUT2D eigenvalue weighted by atomic mass is 16.5. The molecule has 0 saturated heterocycles. The van der Waals surface area contributed by atoms with Crippen molar-refractivity contribution in [2.75, 3.05) is 30.8 Å². The van der Waals surface area contributed by atoms with Gasteiger partial charge in [0.15, 0.2) is 0 Å². The lowest BCUT2D eigenvalue weighted by Crippen LogP contribution is -2.29. The molecule has 1 unspecified atom stereocenters. The predicted octanol–water partition coefficient (Wildman–Crippen LogP) is 4.21. The molecule has 3 amide bonds. The van der Waals surface area contributed by atoms with Gasteiger partial charge in [0.1, 0.15) is 11.7 Å². The number of nitrogens with one attached hydrogen (secondary N) is 4. The quantitative estimate of drug-likeness (QED) is 0.238. The Kier molecular flexibility index (Phi) is 8.51. The second-order valence-electron chi connectivity index (χ2n) is 8.68. The lowest BCUT2D eigenvalue weighted by molar-refractivity contribution is -0.133. The van der Waals surface area contributed by atoms with Crippen LogP contribution in [0.5, 0.6) is 5.75 Å². The van der Waals surface area contributed by atoms with Crippen molar-refractivity contribution in [3.05, 3.63) is 52.6 Å². The Morgan fingerprint density at radius 1 is 0.941 bits per heavy atom. The number of hydrogen-bond donors (Lipinski definition) is 4. The Balaban J connectivity index is 1.61. The number of ether oxygens (including phenoxy) is 1. The molecule has 182 valence electrons. The van der Waals surface area contributed by atoms with Crippen molar-refractivity contribution in [2.45, 2.75) is 52.4 Å². The number of benzene rings is 2. The summed E-state index contributed by atoms with van der Waals surface area (Å²) in [5.74, 6) is -0.266. The Morgan fingerprint density at radius 2 is 1.65 bits per heavy atom. The molecule has 1 heterocycles. The molecule has 8 heteroatoms. The summed E-state index contributed by atoms with van der Waals surface area (Å²) in [7, 11) is 1.80. The summed E-state index contributed by atoms with van der Waals surface area (Å²) < 4.78 is 5.61. The number of fused-ring (bicyclic) bond motifs is 1. The molecule has 4 N–H and O–H groups in total. The smallest absolute Gasteiger partial charge is 0.323 e. The maximum absolute atomic E-state index is 12.8. The molecule has 1 aliphatic heterocycles. The summed E-state index contributed by atoms with van der Waals surface area (Å²) in [6.07, 6.45) is 3.76. The van der Waals surface area contributed by atoms with E-state index in [4.69, 9.17) is 4.74 Å². The van der Waals surface area contributed by atoms with E-state index in [1.807, 2.05) is 38.1 Å². The van der Waals surface area contributed by atoms with Crippen molar-refractivity contribution in [3.63, 3.8) is 0 Å². The zero-order valence-corrected chi connectivity index (χ0v) is 20.3. The Bertz CT molecular complexity index is 1070. The maximum atomic E-state index is 12.8. The third kappa shape index (κ3) is 6.27. The number of urea groups is 1. The topological polar surface area (TPSA) is 109 Å². The van der Waals surface area contributed by atoms with Gasteiger partial charge in [-0.15, -0.1) is 0 Å². The molecule has 8 nitrogen and oxygen atoms in total. The van der Waals surface area contributed by atoms with Gasteiger partial charge in [0.05, 0.1) is 0 Å². The standard InChI is InChI=1S/C26H34N4O4/c1-16-13-17(2)24-21(14-16)23(25(32)34-24)20-15-19(9-10-22(20)27-4)30-26(33)29-12-8-6-5-7-11-28-18(3)31/h9-10,13-15,23,27H,5-8,11-12H2,1-4H3,(H,28,31)(H2,29,30,33). The summed E-state index contributed by atoms with van der Waals surface area (Å²) in [5.41, 5.74) is 5.01. The summed E-state index contributed by atoms with van der Waals surface area (Å²) in [5, 5.41) is 11.7. The number of anilines is 2.